The summed E-state index contributed by atoms with van der Waals surface area (Å²) >= 11 is 0. The van der Waals surface area contributed by atoms with Gasteiger partial charge in [0.15, 0.2) is 5.78 Å². The van der Waals surface area contributed by atoms with Crippen molar-refractivity contribution in [3.8, 4) is 0 Å². The SMILES string of the molecule is C=O.C=O.CC.CC(=O)c1cc(C)cc(C)c1. The van der Waals surface area contributed by atoms with Crippen molar-refractivity contribution in [3.05, 3.63) is 34.9 Å². The fourth-order valence-corrected chi connectivity index (χ4v) is 1.18. The summed E-state index contributed by atoms with van der Waals surface area (Å²) in [6, 6.07) is 5.89. The summed E-state index contributed by atoms with van der Waals surface area (Å²) in [6.45, 7) is 13.6. The lowest BCUT2D eigenvalue weighted by Crippen LogP contribution is -1.93. The molecule has 0 amide bonds. The van der Waals surface area contributed by atoms with Crippen LogP contribution in [0.1, 0.15) is 42.3 Å². The quantitative estimate of drug-likeness (QED) is 0.706. The van der Waals surface area contributed by atoms with Crippen molar-refractivity contribution in [1.82, 2.24) is 0 Å². The fourth-order valence-electron chi connectivity index (χ4n) is 1.18. The van der Waals surface area contributed by atoms with Crippen LogP contribution in [0.3, 0.4) is 0 Å². The van der Waals surface area contributed by atoms with E-state index in [-0.39, 0.29) is 5.78 Å². The maximum atomic E-state index is 10.9. The van der Waals surface area contributed by atoms with Crippen LogP contribution >= 0.6 is 0 Å². The Kier molecular flexibility index (Phi) is 17.3. The van der Waals surface area contributed by atoms with Crippen molar-refractivity contribution in [3.63, 3.8) is 0 Å². The number of benzene rings is 1. The molecule has 0 radical (unpaired) electrons. The van der Waals surface area contributed by atoms with Gasteiger partial charge in [-0.25, -0.2) is 0 Å². The molecule has 0 saturated carbocycles. The van der Waals surface area contributed by atoms with Gasteiger partial charge in [-0.05, 0) is 32.9 Å². The highest BCUT2D eigenvalue weighted by molar-refractivity contribution is 5.94. The van der Waals surface area contributed by atoms with Crippen molar-refractivity contribution in [1.29, 1.82) is 0 Å². The molecule has 0 aliphatic heterocycles. The Labute approximate surface area is 104 Å². The van der Waals surface area contributed by atoms with E-state index < -0.39 is 0 Å². The largest absolute Gasteiger partial charge is 0.307 e. The first-order valence-corrected chi connectivity index (χ1v) is 5.26. The lowest BCUT2D eigenvalue weighted by molar-refractivity contribution is -0.0987. The van der Waals surface area contributed by atoms with Gasteiger partial charge in [-0.1, -0.05) is 31.0 Å². The van der Waals surface area contributed by atoms with Crippen molar-refractivity contribution >= 4 is 19.4 Å². The topological polar surface area (TPSA) is 51.2 Å². The van der Waals surface area contributed by atoms with E-state index in [0.717, 1.165) is 16.7 Å². The van der Waals surface area contributed by atoms with Crippen LogP contribution in [0.15, 0.2) is 18.2 Å². The van der Waals surface area contributed by atoms with Gasteiger partial charge in [0.05, 0.1) is 0 Å². The molecule has 0 aromatic heterocycles. The number of hydrogen-bond acceptors (Lipinski definition) is 3. The number of hydrogen-bond donors (Lipinski definition) is 0. The van der Waals surface area contributed by atoms with E-state index >= 15 is 0 Å². The molecule has 0 aliphatic carbocycles. The normalized spacial score (nSPS) is 7.12. The van der Waals surface area contributed by atoms with E-state index in [0.29, 0.717) is 0 Å². The molecule has 0 unspecified atom stereocenters. The van der Waals surface area contributed by atoms with E-state index in [1.807, 2.05) is 53.4 Å². The summed E-state index contributed by atoms with van der Waals surface area (Å²) in [7, 11) is 0. The van der Waals surface area contributed by atoms with E-state index in [2.05, 4.69) is 6.07 Å². The third kappa shape index (κ3) is 10.5. The molecule has 0 aliphatic rings. The zero-order valence-electron chi connectivity index (χ0n) is 11.4. The number of carbonyl (C=O) groups is 3. The summed E-state index contributed by atoms with van der Waals surface area (Å²) in [5.74, 6) is 0.136. The summed E-state index contributed by atoms with van der Waals surface area (Å²) in [4.78, 5) is 26.9. The minimum Gasteiger partial charge on any atom is -0.307 e. The van der Waals surface area contributed by atoms with Gasteiger partial charge in [0.2, 0.25) is 0 Å². The van der Waals surface area contributed by atoms with Gasteiger partial charge in [-0.2, -0.15) is 0 Å². The molecule has 17 heavy (non-hydrogen) atoms. The first-order chi connectivity index (χ1) is 8.09. The number of Topliss-reactive ketones (excluding diaryl/α,β-unsaturated/α-hetero) is 1. The molecule has 0 saturated heterocycles. The smallest absolute Gasteiger partial charge is 0.159 e. The van der Waals surface area contributed by atoms with Gasteiger partial charge >= 0.3 is 0 Å². The van der Waals surface area contributed by atoms with Crippen LogP contribution in [0.5, 0.6) is 0 Å². The van der Waals surface area contributed by atoms with Crippen molar-refractivity contribution < 1.29 is 14.4 Å². The van der Waals surface area contributed by atoms with Crippen LogP contribution in [0.25, 0.3) is 0 Å². The summed E-state index contributed by atoms with van der Waals surface area (Å²) in [6.07, 6.45) is 0. The first-order valence-electron chi connectivity index (χ1n) is 5.26. The molecule has 3 nitrogen and oxygen atoms in total. The monoisotopic (exact) mass is 238 g/mol. The van der Waals surface area contributed by atoms with Crippen LogP contribution in [0.4, 0.5) is 0 Å². The Hall–Kier alpha value is -1.77. The zero-order chi connectivity index (χ0) is 14.4. The fraction of sp³-hybridized carbons (Fsp3) is 0.357. The Morgan fingerprint density at radius 2 is 1.18 bits per heavy atom. The minimum atomic E-state index is 0.136. The van der Waals surface area contributed by atoms with Crippen molar-refractivity contribution in [2.24, 2.45) is 0 Å². The average molecular weight is 238 g/mol. The molecule has 1 aromatic rings. The highest BCUT2D eigenvalue weighted by Crippen LogP contribution is 2.08. The number of rotatable bonds is 1. The maximum absolute atomic E-state index is 10.9. The molecular weight excluding hydrogens is 216 g/mol. The second-order valence-corrected chi connectivity index (χ2v) is 2.93. The van der Waals surface area contributed by atoms with Gasteiger partial charge in [0, 0.05) is 5.56 Å². The van der Waals surface area contributed by atoms with E-state index in [1.165, 1.54) is 0 Å². The second-order valence-electron chi connectivity index (χ2n) is 2.93. The molecule has 0 fully saturated rings. The van der Waals surface area contributed by atoms with Gasteiger partial charge in [0.25, 0.3) is 0 Å². The standard InChI is InChI=1S/C10H12O.C2H6.2CH2O/c1-7-4-8(2)6-10(5-7)9(3)11;3*1-2/h4-6H,1-3H3;1-2H3;2*1H2. The number of aryl methyl sites for hydroxylation is 2. The van der Waals surface area contributed by atoms with Crippen LogP contribution in [-0.4, -0.2) is 19.4 Å². The predicted octanol–water partition coefficient (Wildman–Crippen LogP) is 3.16. The highest BCUT2D eigenvalue weighted by Gasteiger charge is 1.99. The average Bonchev–Trinajstić information content (AvgIpc) is 2.35. The number of carbonyl (C=O) groups excluding carboxylic acids is 3. The first kappa shape index (κ1) is 20.6. The molecule has 96 valence electrons. The Morgan fingerprint density at radius 3 is 1.41 bits per heavy atom. The highest BCUT2D eigenvalue weighted by atomic mass is 16.1. The third-order valence-corrected chi connectivity index (χ3v) is 1.63. The van der Waals surface area contributed by atoms with Gasteiger partial charge in [-0.15, -0.1) is 0 Å². The Morgan fingerprint density at radius 1 is 0.882 bits per heavy atom. The molecular formula is C14H22O3. The van der Waals surface area contributed by atoms with Crippen LogP contribution in [0.2, 0.25) is 0 Å². The molecule has 0 atom stereocenters. The molecule has 1 aromatic carbocycles. The van der Waals surface area contributed by atoms with Crippen LogP contribution < -0.4 is 0 Å². The summed E-state index contributed by atoms with van der Waals surface area (Å²) < 4.78 is 0. The van der Waals surface area contributed by atoms with Gasteiger partial charge in [0.1, 0.15) is 13.6 Å². The summed E-state index contributed by atoms with van der Waals surface area (Å²) in [5, 5.41) is 0. The molecule has 3 heteroatoms. The van der Waals surface area contributed by atoms with Gasteiger partial charge < -0.3 is 9.59 Å². The molecule has 0 spiro atoms. The van der Waals surface area contributed by atoms with Crippen molar-refractivity contribution in [2.75, 3.05) is 0 Å². The van der Waals surface area contributed by atoms with Crippen LogP contribution in [0, 0.1) is 13.8 Å². The Balaban J connectivity index is -0.000000285. The summed E-state index contributed by atoms with van der Waals surface area (Å²) in [5.41, 5.74) is 3.10. The predicted molar refractivity (Wildman–Crippen MR) is 71.5 cm³/mol. The number of ketones is 1. The minimum absolute atomic E-state index is 0.136. The lowest BCUT2D eigenvalue weighted by atomic mass is 10.1. The lowest BCUT2D eigenvalue weighted by Gasteiger charge is -1.99. The Bertz CT molecular complexity index is 297. The van der Waals surface area contributed by atoms with E-state index in [4.69, 9.17) is 9.59 Å². The van der Waals surface area contributed by atoms with E-state index in [9.17, 15) is 4.79 Å². The molecule has 0 bridgehead atoms. The third-order valence-electron chi connectivity index (χ3n) is 1.63. The molecule has 0 heterocycles. The second kappa shape index (κ2) is 14.2. The van der Waals surface area contributed by atoms with E-state index in [1.54, 1.807) is 6.92 Å². The maximum Gasteiger partial charge on any atom is 0.159 e. The molecule has 1 rings (SSSR count). The van der Waals surface area contributed by atoms with Crippen molar-refractivity contribution in [2.45, 2.75) is 34.6 Å². The van der Waals surface area contributed by atoms with Gasteiger partial charge in [-0.3, -0.25) is 4.79 Å². The van der Waals surface area contributed by atoms with Crippen LogP contribution in [-0.2, 0) is 9.59 Å². The molecule has 0 N–H and O–H groups in total. The zero-order valence-corrected chi connectivity index (χ0v) is 11.4.